The largest absolute Gasteiger partial charge is 0.394 e. The molecule has 1 atom stereocenters. The predicted molar refractivity (Wildman–Crippen MR) is 50.3 cm³/mol. The van der Waals surface area contributed by atoms with Gasteiger partial charge in [0, 0.05) is 18.2 Å². The average Bonchev–Trinajstić information content (AvgIpc) is 2.17. The van der Waals surface area contributed by atoms with Crippen LogP contribution < -0.4 is 11.4 Å². The SMILES string of the molecule is [CH2]O[C@H](CO)Cc1c[nH]c(=O)nc1N. The van der Waals surface area contributed by atoms with Crippen molar-refractivity contribution in [2.75, 3.05) is 12.3 Å². The second-order valence-electron chi connectivity index (χ2n) is 2.79. The van der Waals surface area contributed by atoms with Crippen molar-refractivity contribution in [1.82, 2.24) is 9.97 Å². The summed E-state index contributed by atoms with van der Waals surface area (Å²) in [4.78, 5) is 16.6. The molecule has 0 aromatic carbocycles. The molecule has 0 aliphatic heterocycles. The number of nitrogen functional groups attached to an aromatic ring is 1. The van der Waals surface area contributed by atoms with Crippen molar-refractivity contribution >= 4 is 5.82 Å². The van der Waals surface area contributed by atoms with E-state index in [2.05, 4.69) is 17.1 Å². The maximum absolute atomic E-state index is 10.7. The van der Waals surface area contributed by atoms with Crippen LogP contribution >= 0.6 is 0 Å². The third-order valence-electron chi connectivity index (χ3n) is 1.81. The fourth-order valence-corrected chi connectivity index (χ4v) is 1.02. The summed E-state index contributed by atoms with van der Waals surface area (Å²) >= 11 is 0. The fourth-order valence-electron chi connectivity index (χ4n) is 1.02. The van der Waals surface area contributed by atoms with Gasteiger partial charge in [-0.3, -0.25) is 0 Å². The Balaban J connectivity index is 2.81. The van der Waals surface area contributed by atoms with Crippen molar-refractivity contribution in [2.24, 2.45) is 0 Å². The van der Waals surface area contributed by atoms with Gasteiger partial charge in [-0.2, -0.15) is 4.98 Å². The Morgan fingerprint density at radius 2 is 2.50 bits per heavy atom. The maximum Gasteiger partial charge on any atom is 0.346 e. The highest BCUT2D eigenvalue weighted by atomic mass is 16.5. The van der Waals surface area contributed by atoms with Gasteiger partial charge in [-0.25, -0.2) is 4.79 Å². The lowest BCUT2D eigenvalue weighted by Crippen LogP contribution is -2.21. The first kappa shape index (κ1) is 10.7. The van der Waals surface area contributed by atoms with Crippen molar-refractivity contribution in [1.29, 1.82) is 0 Å². The molecule has 0 amide bonds. The van der Waals surface area contributed by atoms with Crippen LogP contribution in [0.15, 0.2) is 11.0 Å². The van der Waals surface area contributed by atoms with Gasteiger partial charge in [-0.15, -0.1) is 0 Å². The summed E-state index contributed by atoms with van der Waals surface area (Å²) in [5.41, 5.74) is 5.61. The van der Waals surface area contributed by atoms with Crippen LogP contribution in [0.4, 0.5) is 5.82 Å². The number of H-pyrrole nitrogens is 1. The zero-order valence-electron chi connectivity index (χ0n) is 7.56. The number of aliphatic hydroxyl groups is 1. The van der Waals surface area contributed by atoms with Gasteiger partial charge >= 0.3 is 5.69 Å². The molecule has 4 N–H and O–H groups in total. The van der Waals surface area contributed by atoms with Crippen LogP contribution in [0.25, 0.3) is 0 Å². The number of aromatic amines is 1. The number of hydrogen-bond acceptors (Lipinski definition) is 5. The van der Waals surface area contributed by atoms with Gasteiger partial charge in [0.1, 0.15) is 5.82 Å². The first-order valence-electron chi connectivity index (χ1n) is 4.03. The second-order valence-corrected chi connectivity index (χ2v) is 2.79. The van der Waals surface area contributed by atoms with E-state index in [1.165, 1.54) is 6.20 Å². The highest BCUT2D eigenvalue weighted by Crippen LogP contribution is 2.08. The highest BCUT2D eigenvalue weighted by molar-refractivity contribution is 5.36. The molecule has 0 aliphatic rings. The van der Waals surface area contributed by atoms with E-state index in [4.69, 9.17) is 15.6 Å². The van der Waals surface area contributed by atoms with E-state index in [9.17, 15) is 4.79 Å². The number of aromatic nitrogens is 2. The van der Waals surface area contributed by atoms with Gasteiger partial charge in [0.15, 0.2) is 0 Å². The lowest BCUT2D eigenvalue weighted by molar-refractivity contribution is 0.0737. The number of hydrogen-bond donors (Lipinski definition) is 3. The monoisotopic (exact) mass is 198 g/mol. The summed E-state index contributed by atoms with van der Waals surface area (Å²) in [6, 6.07) is 0. The third kappa shape index (κ3) is 2.54. The first-order valence-corrected chi connectivity index (χ1v) is 4.03. The summed E-state index contributed by atoms with van der Waals surface area (Å²) in [5, 5.41) is 8.83. The van der Waals surface area contributed by atoms with E-state index < -0.39 is 11.8 Å². The lowest BCUT2D eigenvalue weighted by Gasteiger charge is -2.12. The van der Waals surface area contributed by atoms with E-state index in [1.807, 2.05) is 0 Å². The van der Waals surface area contributed by atoms with Crippen LogP contribution in [0, 0.1) is 7.11 Å². The van der Waals surface area contributed by atoms with E-state index >= 15 is 0 Å². The zero-order chi connectivity index (χ0) is 10.6. The van der Waals surface area contributed by atoms with E-state index in [0.29, 0.717) is 12.0 Å². The molecule has 0 spiro atoms. The molecule has 6 heteroatoms. The number of nitrogens with zero attached hydrogens (tertiary/aromatic N) is 1. The highest BCUT2D eigenvalue weighted by Gasteiger charge is 2.10. The number of nitrogens with one attached hydrogen (secondary N) is 1. The topological polar surface area (TPSA) is 101 Å². The van der Waals surface area contributed by atoms with Crippen LogP contribution in [0.5, 0.6) is 0 Å². The molecule has 0 saturated heterocycles. The number of aliphatic hydroxyl groups excluding tert-OH is 1. The molecule has 14 heavy (non-hydrogen) atoms. The minimum absolute atomic E-state index is 0.143. The standard InChI is InChI=1S/C8H12N3O3/c1-14-6(4-12)2-5-3-10-8(13)11-7(5)9/h3,6,12H,1-2,4H2,(H3,9,10,11,13)/t6-/m0/s1. The summed E-state index contributed by atoms with van der Waals surface area (Å²) in [6.07, 6.45) is 1.37. The van der Waals surface area contributed by atoms with Gasteiger partial charge in [0.2, 0.25) is 0 Å². The molecule has 0 unspecified atom stereocenters. The number of nitrogens with two attached hydrogens (primary N) is 1. The smallest absolute Gasteiger partial charge is 0.346 e. The average molecular weight is 198 g/mol. The Hall–Kier alpha value is -1.40. The molecule has 77 valence electrons. The summed E-state index contributed by atoms with van der Waals surface area (Å²) in [5.74, 6) is 0.143. The van der Waals surface area contributed by atoms with E-state index in [0.717, 1.165) is 0 Å². The fraction of sp³-hybridized carbons (Fsp3) is 0.375. The van der Waals surface area contributed by atoms with E-state index in [1.54, 1.807) is 0 Å². The van der Waals surface area contributed by atoms with Crippen LogP contribution in [0.2, 0.25) is 0 Å². The third-order valence-corrected chi connectivity index (χ3v) is 1.81. The van der Waals surface area contributed by atoms with Crippen molar-refractivity contribution in [3.05, 3.63) is 29.4 Å². The van der Waals surface area contributed by atoms with Gasteiger partial charge in [-0.05, 0) is 0 Å². The number of rotatable bonds is 4. The van der Waals surface area contributed by atoms with Crippen molar-refractivity contribution in [3.63, 3.8) is 0 Å². The molecule has 1 radical (unpaired) electrons. The minimum atomic E-state index is -0.498. The van der Waals surface area contributed by atoms with Crippen molar-refractivity contribution in [3.8, 4) is 0 Å². The summed E-state index contributed by atoms with van der Waals surface area (Å²) in [6.45, 7) is -0.165. The Morgan fingerprint density at radius 1 is 1.79 bits per heavy atom. The molecular weight excluding hydrogens is 186 g/mol. The minimum Gasteiger partial charge on any atom is -0.394 e. The van der Waals surface area contributed by atoms with Crippen LogP contribution in [0.1, 0.15) is 5.56 Å². The first-order chi connectivity index (χ1) is 6.67. The molecule has 0 saturated carbocycles. The lowest BCUT2D eigenvalue weighted by atomic mass is 10.1. The van der Waals surface area contributed by atoms with Crippen LogP contribution in [-0.4, -0.2) is 27.8 Å². The Morgan fingerprint density at radius 3 is 3.00 bits per heavy atom. The molecule has 6 nitrogen and oxygen atoms in total. The Labute approximate surface area is 80.7 Å². The molecule has 1 aromatic heterocycles. The van der Waals surface area contributed by atoms with Crippen molar-refractivity contribution in [2.45, 2.75) is 12.5 Å². The maximum atomic E-state index is 10.7. The summed E-state index contributed by atoms with van der Waals surface area (Å²) in [7, 11) is 3.21. The van der Waals surface area contributed by atoms with Crippen LogP contribution in [-0.2, 0) is 11.2 Å². The molecule has 1 aromatic rings. The van der Waals surface area contributed by atoms with Gasteiger partial charge < -0.3 is 20.6 Å². The Kier molecular flexibility index (Phi) is 3.61. The predicted octanol–water partition coefficient (Wildman–Crippen LogP) is -0.936. The second kappa shape index (κ2) is 4.73. The van der Waals surface area contributed by atoms with Gasteiger partial charge in [0.05, 0.1) is 19.8 Å². The van der Waals surface area contributed by atoms with Crippen LogP contribution in [0.3, 0.4) is 0 Å². The quantitative estimate of drug-likeness (QED) is 0.579. The number of ether oxygens (including phenoxy) is 1. The van der Waals surface area contributed by atoms with Crippen molar-refractivity contribution < 1.29 is 9.84 Å². The normalized spacial score (nSPS) is 12.7. The molecule has 1 heterocycles. The summed E-state index contributed by atoms with van der Waals surface area (Å²) < 4.78 is 4.71. The molecule has 0 bridgehead atoms. The molecule has 1 rings (SSSR count). The van der Waals surface area contributed by atoms with Gasteiger partial charge in [-0.1, -0.05) is 0 Å². The van der Waals surface area contributed by atoms with Gasteiger partial charge in [0.25, 0.3) is 0 Å². The molecular formula is C8H12N3O3. The molecule has 0 aliphatic carbocycles. The van der Waals surface area contributed by atoms with E-state index in [-0.39, 0.29) is 12.4 Å². The molecule has 0 fully saturated rings. The zero-order valence-corrected chi connectivity index (χ0v) is 7.56. The Bertz CT molecular complexity index is 346. The number of anilines is 1.